The number of fused-ring (bicyclic) bond motifs is 1. The van der Waals surface area contributed by atoms with Crippen LogP contribution in [0.4, 0.5) is 13.2 Å². The van der Waals surface area contributed by atoms with Gasteiger partial charge < -0.3 is 10.4 Å². The molecule has 0 aromatic carbocycles. The van der Waals surface area contributed by atoms with Crippen molar-refractivity contribution in [3.05, 3.63) is 17.0 Å². The first-order chi connectivity index (χ1) is 14.9. The van der Waals surface area contributed by atoms with Gasteiger partial charge in [0, 0.05) is 11.5 Å². The molecule has 3 rings (SSSR count). The summed E-state index contributed by atoms with van der Waals surface area (Å²) in [5, 5.41) is 16.8. The summed E-state index contributed by atoms with van der Waals surface area (Å²) in [4.78, 5) is 37.2. The molecule has 2 atom stereocenters. The second-order valence-corrected chi connectivity index (χ2v) is 10.9. The highest BCUT2D eigenvalue weighted by Gasteiger charge is 2.55. The fraction of sp³-hybridized carbons (Fsp3) is 0.533. The lowest BCUT2D eigenvalue weighted by atomic mass is 10.0. The predicted octanol–water partition coefficient (Wildman–Crippen LogP) is -0.0791. The number of carbonyl (C=O) groups excluding carboxylic acids is 2. The van der Waals surface area contributed by atoms with Gasteiger partial charge in [-0.1, -0.05) is 11.8 Å². The third kappa shape index (κ3) is 4.45. The minimum absolute atomic E-state index is 0.185. The Labute approximate surface area is 187 Å². The highest BCUT2D eigenvalue weighted by Crippen LogP contribution is 2.41. The predicted molar refractivity (Wildman–Crippen MR) is 106 cm³/mol. The molecule has 17 heteroatoms. The van der Waals surface area contributed by atoms with Crippen molar-refractivity contribution >= 4 is 51.1 Å². The Morgan fingerprint density at radius 2 is 2.09 bits per heavy atom. The Bertz CT molecular complexity index is 1090. The minimum atomic E-state index is -5.42. The Kier molecular flexibility index (Phi) is 6.80. The molecule has 1 saturated heterocycles. The molecule has 1 aromatic heterocycles. The van der Waals surface area contributed by atoms with E-state index in [-0.39, 0.29) is 17.2 Å². The Morgan fingerprint density at radius 1 is 1.41 bits per heavy atom. The van der Waals surface area contributed by atoms with Crippen LogP contribution in [0, 0.1) is 6.92 Å². The molecule has 2 aliphatic heterocycles. The number of nitrogens with one attached hydrogen (secondary N) is 2. The van der Waals surface area contributed by atoms with E-state index in [9.17, 15) is 41.1 Å². The summed E-state index contributed by atoms with van der Waals surface area (Å²) in [6.07, 6.45) is 0. The standard InChI is InChI=1S/C15H16F3N5O6S3/c1-6-11(21-22-20-6)30-2-7-3-31-13-9(12(25)23(13)10(7)14(26)27)19-8(24)4-32(28,29)15(17,18)5-16/h9,13H,2-5H2,1H3,(H,19,24)(H,26,27)(H,20,21,22)/t9?,13-/m0/s1. The van der Waals surface area contributed by atoms with E-state index in [0.717, 1.165) is 16.7 Å². The molecular formula is C15H16F3N5O6S3. The van der Waals surface area contributed by atoms with Crippen molar-refractivity contribution in [2.75, 3.05) is 23.9 Å². The number of amides is 2. The van der Waals surface area contributed by atoms with Crippen LogP contribution in [-0.2, 0) is 24.2 Å². The number of hydrogen-bond donors (Lipinski definition) is 3. The topological polar surface area (TPSA) is 162 Å². The molecule has 1 unspecified atom stereocenters. The van der Waals surface area contributed by atoms with Crippen LogP contribution in [0.2, 0.25) is 0 Å². The maximum atomic E-state index is 13.1. The van der Waals surface area contributed by atoms with E-state index in [0.29, 0.717) is 16.3 Å². The van der Waals surface area contributed by atoms with Crippen molar-refractivity contribution < 1.29 is 41.1 Å². The molecule has 2 amide bonds. The molecule has 32 heavy (non-hydrogen) atoms. The zero-order valence-electron chi connectivity index (χ0n) is 16.2. The first-order valence-corrected chi connectivity index (χ1v) is 12.4. The number of hydrogen-bond acceptors (Lipinski definition) is 9. The molecule has 1 fully saturated rings. The van der Waals surface area contributed by atoms with Crippen LogP contribution < -0.4 is 5.32 Å². The number of aromatic nitrogens is 3. The molecule has 0 saturated carbocycles. The highest BCUT2D eigenvalue weighted by atomic mass is 32.2. The van der Waals surface area contributed by atoms with Gasteiger partial charge in [0.05, 0.1) is 5.69 Å². The number of H-pyrrole nitrogens is 1. The molecule has 11 nitrogen and oxygen atoms in total. The molecule has 0 bridgehead atoms. The molecule has 3 heterocycles. The second kappa shape index (κ2) is 8.93. The molecule has 2 aliphatic rings. The van der Waals surface area contributed by atoms with Crippen LogP contribution in [0.1, 0.15) is 5.69 Å². The second-order valence-electron chi connectivity index (χ2n) is 6.75. The largest absolute Gasteiger partial charge is 0.477 e. The average molecular weight is 516 g/mol. The van der Waals surface area contributed by atoms with Gasteiger partial charge in [0.2, 0.25) is 15.7 Å². The summed E-state index contributed by atoms with van der Waals surface area (Å²) in [6.45, 7) is -0.779. The van der Waals surface area contributed by atoms with Crippen molar-refractivity contribution in [2.24, 2.45) is 0 Å². The number of nitrogens with zero attached hydrogens (tertiary/aromatic N) is 3. The number of β-lactam (4-membered cyclic amide) rings is 1. The number of aliphatic carboxylic acids is 1. The van der Waals surface area contributed by atoms with E-state index in [1.54, 1.807) is 6.92 Å². The lowest BCUT2D eigenvalue weighted by Gasteiger charge is -2.49. The SMILES string of the molecule is Cc1n[nH]nc1SCC1=C(C(=O)O)N2C(=O)C(NC(=O)CS(=O)(=O)C(F)(F)CF)[C@@H]2SC1. The Hall–Kier alpha value is -2.27. The fourth-order valence-corrected chi connectivity index (χ4v) is 6.13. The number of halogens is 3. The summed E-state index contributed by atoms with van der Waals surface area (Å²) >= 11 is 2.34. The van der Waals surface area contributed by atoms with Crippen LogP contribution in [0.3, 0.4) is 0 Å². The van der Waals surface area contributed by atoms with Crippen molar-refractivity contribution in [1.29, 1.82) is 0 Å². The maximum Gasteiger partial charge on any atom is 0.373 e. The highest BCUT2D eigenvalue weighted by molar-refractivity contribution is 8.01. The first-order valence-electron chi connectivity index (χ1n) is 8.75. The molecule has 0 spiro atoms. The lowest BCUT2D eigenvalue weighted by molar-refractivity contribution is -0.150. The first kappa shape index (κ1) is 24.4. The average Bonchev–Trinajstić information content (AvgIpc) is 3.13. The molecular weight excluding hydrogens is 499 g/mol. The molecule has 0 aliphatic carbocycles. The molecule has 0 radical (unpaired) electrons. The van der Waals surface area contributed by atoms with Gasteiger partial charge in [-0.25, -0.2) is 17.6 Å². The number of carboxylic acid groups (broad SMARTS) is 1. The van der Waals surface area contributed by atoms with Gasteiger partial charge in [-0.3, -0.25) is 14.5 Å². The third-order valence-corrected chi connectivity index (χ3v) is 8.71. The van der Waals surface area contributed by atoms with Gasteiger partial charge in [-0.2, -0.15) is 19.1 Å². The van der Waals surface area contributed by atoms with Crippen molar-refractivity contribution in [2.45, 2.75) is 28.6 Å². The molecule has 176 valence electrons. The summed E-state index contributed by atoms with van der Waals surface area (Å²) in [5.74, 6) is -4.95. The Morgan fingerprint density at radius 3 is 2.66 bits per heavy atom. The number of sulfone groups is 1. The number of carbonyl (C=O) groups is 3. The van der Waals surface area contributed by atoms with Crippen LogP contribution in [0.25, 0.3) is 0 Å². The van der Waals surface area contributed by atoms with Crippen LogP contribution in [-0.4, -0.2) is 92.2 Å². The number of alkyl halides is 3. The Balaban J connectivity index is 1.70. The van der Waals surface area contributed by atoms with E-state index in [1.807, 2.05) is 5.32 Å². The van der Waals surface area contributed by atoms with Crippen molar-refractivity contribution in [3.63, 3.8) is 0 Å². The summed E-state index contributed by atoms with van der Waals surface area (Å²) in [5.41, 5.74) is 0.772. The van der Waals surface area contributed by atoms with Gasteiger partial charge in [-0.15, -0.1) is 16.9 Å². The number of aromatic amines is 1. The molecule has 1 aromatic rings. The number of thioether (sulfide) groups is 2. The zero-order valence-corrected chi connectivity index (χ0v) is 18.6. The summed E-state index contributed by atoms with van der Waals surface area (Å²) < 4.78 is 61.5. The van der Waals surface area contributed by atoms with E-state index < -0.39 is 56.7 Å². The number of carboxylic acids is 1. The third-order valence-electron chi connectivity index (χ3n) is 4.56. The quantitative estimate of drug-likeness (QED) is 0.300. The number of rotatable bonds is 9. The minimum Gasteiger partial charge on any atom is -0.477 e. The van der Waals surface area contributed by atoms with Crippen LogP contribution in [0.5, 0.6) is 0 Å². The number of aryl methyl sites for hydroxylation is 1. The monoisotopic (exact) mass is 515 g/mol. The fourth-order valence-electron chi connectivity index (χ4n) is 2.94. The van der Waals surface area contributed by atoms with Gasteiger partial charge in [-0.05, 0) is 12.5 Å². The van der Waals surface area contributed by atoms with E-state index in [4.69, 9.17) is 0 Å². The van der Waals surface area contributed by atoms with Crippen LogP contribution in [0.15, 0.2) is 16.3 Å². The van der Waals surface area contributed by atoms with Gasteiger partial charge in [0.25, 0.3) is 5.91 Å². The van der Waals surface area contributed by atoms with Gasteiger partial charge >= 0.3 is 11.2 Å². The van der Waals surface area contributed by atoms with Gasteiger partial charge in [0.15, 0.2) is 6.67 Å². The van der Waals surface area contributed by atoms with Crippen LogP contribution >= 0.6 is 23.5 Å². The van der Waals surface area contributed by atoms with E-state index in [1.165, 1.54) is 11.8 Å². The summed E-state index contributed by atoms with van der Waals surface area (Å²) in [6, 6.07) is -1.30. The van der Waals surface area contributed by atoms with E-state index in [2.05, 4.69) is 15.4 Å². The molecule has 3 N–H and O–H groups in total. The zero-order chi connectivity index (χ0) is 23.8. The maximum absolute atomic E-state index is 13.1. The van der Waals surface area contributed by atoms with E-state index >= 15 is 0 Å². The van der Waals surface area contributed by atoms with Crippen molar-refractivity contribution in [3.8, 4) is 0 Å². The summed E-state index contributed by atoms with van der Waals surface area (Å²) in [7, 11) is -5.42. The smallest absolute Gasteiger partial charge is 0.373 e. The van der Waals surface area contributed by atoms with Crippen molar-refractivity contribution in [1.82, 2.24) is 25.6 Å². The van der Waals surface area contributed by atoms with Gasteiger partial charge in [0.1, 0.15) is 27.9 Å². The normalized spacial score (nSPS) is 21.2. The lowest BCUT2D eigenvalue weighted by Crippen LogP contribution is -2.71.